The summed E-state index contributed by atoms with van der Waals surface area (Å²) >= 11 is 5.27. The number of nitrogens with zero attached hydrogens (tertiary/aromatic N) is 1. The van der Waals surface area contributed by atoms with Gasteiger partial charge in [-0.2, -0.15) is 0 Å². The van der Waals surface area contributed by atoms with E-state index in [4.69, 9.17) is 22.7 Å². The molecular weight excluding hydrogens is 324 g/mol. The van der Waals surface area contributed by atoms with Crippen LogP contribution in [0.5, 0.6) is 5.75 Å². The van der Waals surface area contributed by atoms with Crippen molar-refractivity contribution in [2.24, 2.45) is 0 Å². The van der Waals surface area contributed by atoms with E-state index >= 15 is 0 Å². The number of para-hydroxylation sites is 1. The van der Waals surface area contributed by atoms with Gasteiger partial charge in [-0.3, -0.25) is 4.79 Å². The molecule has 0 aliphatic heterocycles. The number of methoxy groups -OCH3 is 1. The zero-order valence-corrected chi connectivity index (χ0v) is 14.5. The highest BCUT2D eigenvalue weighted by molar-refractivity contribution is 7.80. The molecule has 2 aromatic rings. The van der Waals surface area contributed by atoms with Crippen molar-refractivity contribution in [1.29, 1.82) is 0 Å². The molecule has 2 aromatic carbocycles. The fraction of sp³-hybridized carbons (Fsp3) is 0.222. The van der Waals surface area contributed by atoms with Crippen LogP contribution in [0.15, 0.2) is 48.5 Å². The molecule has 0 aliphatic carbocycles. The van der Waals surface area contributed by atoms with Gasteiger partial charge in [-0.1, -0.05) is 48.6 Å². The second-order valence-corrected chi connectivity index (χ2v) is 5.64. The van der Waals surface area contributed by atoms with E-state index in [1.807, 2.05) is 42.5 Å². The summed E-state index contributed by atoms with van der Waals surface area (Å²) in [5, 5.41) is 0. The lowest BCUT2D eigenvalue weighted by molar-refractivity contribution is -0.139. The van der Waals surface area contributed by atoms with Crippen molar-refractivity contribution in [1.82, 2.24) is 0 Å². The summed E-state index contributed by atoms with van der Waals surface area (Å²) in [5.41, 5.74) is 8.42. The van der Waals surface area contributed by atoms with Crippen molar-refractivity contribution in [3.8, 4) is 5.75 Å². The highest BCUT2D eigenvalue weighted by Gasteiger charge is 2.16. The molecule has 0 aromatic heterocycles. The molecule has 2 N–H and O–H groups in total. The molecule has 0 heterocycles. The number of esters is 1. The van der Waals surface area contributed by atoms with E-state index in [9.17, 15) is 4.79 Å². The maximum absolute atomic E-state index is 11.4. The molecule has 6 heteroatoms. The Morgan fingerprint density at radius 1 is 1.17 bits per heavy atom. The van der Waals surface area contributed by atoms with Crippen LogP contribution in [-0.4, -0.2) is 25.1 Å². The minimum Gasteiger partial charge on any atom is -0.487 e. The van der Waals surface area contributed by atoms with Crippen LogP contribution in [0.25, 0.3) is 0 Å². The second-order valence-electron chi connectivity index (χ2n) is 5.17. The maximum atomic E-state index is 11.4. The topological polar surface area (TPSA) is 64.8 Å². The first-order valence-electron chi connectivity index (χ1n) is 7.41. The van der Waals surface area contributed by atoms with Gasteiger partial charge < -0.3 is 20.1 Å². The molecule has 0 saturated carbocycles. The fourth-order valence-electron chi connectivity index (χ4n) is 2.13. The Morgan fingerprint density at radius 3 is 2.54 bits per heavy atom. The van der Waals surface area contributed by atoms with Gasteiger partial charge in [-0.25, -0.2) is 0 Å². The SMILES string of the molecule is COC(=O)CC(=S)N(C)c1cccc(OCc2ccccc2)c1N. The Morgan fingerprint density at radius 2 is 1.88 bits per heavy atom. The first-order chi connectivity index (χ1) is 11.5. The number of anilines is 2. The lowest BCUT2D eigenvalue weighted by Crippen LogP contribution is -2.27. The minimum absolute atomic E-state index is 0.0247. The summed E-state index contributed by atoms with van der Waals surface area (Å²) < 4.78 is 10.4. The van der Waals surface area contributed by atoms with Crippen LogP contribution in [0.1, 0.15) is 12.0 Å². The molecule has 0 fully saturated rings. The second kappa shape index (κ2) is 8.31. The number of hydrogen-bond acceptors (Lipinski definition) is 5. The molecule has 126 valence electrons. The number of thiocarbonyl (C=S) groups is 1. The highest BCUT2D eigenvalue weighted by Crippen LogP contribution is 2.32. The minimum atomic E-state index is -0.387. The van der Waals surface area contributed by atoms with E-state index < -0.39 is 0 Å². The third-order valence-corrected chi connectivity index (χ3v) is 3.96. The summed E-state index contributed by atoms with van der Waals surface area (Å²) in [6.45, 7) is 0.421. The predicted octanol–water partition coefficient (Wildman–Crippen LogP) is 3.17. The smallest absolute Gasteiger partial charge is 0.312 e. The molecule has 2 rings (SSSR count). The number of rotatable bonds is 6. The highest BCUT2D eigenvalue weighted by atomic mass is 32.1. The normalized spacial score (nSPS) is 10.1. The molecule has 0 radical (unpaired) electrons. The van der Waals surface area contributed by atoms with Gasteiger partial charge in [0, 0.05) is 7.05 Å². The van der Waals surface area contributed by atoms with Crippen LogP contribution >= 0.6 is 12.2 Å². The number of carbonyl (C=O) groups is 1. The van der Waals surface area contributed by atoms with Gasteiger partial charge in [-0.15, -0.1) is 0 Å². The predicted molar refractivity (Wildman–Crippen MR) is 99.3 cm³/mol. The Bertz CT molecular complexity index is 719. The monoisotopic (exact) mass is 344 g/mol. The first kappa shape index (κ1) is 17.7. The van der Waals surface area contributed by atoms with E-state index in [-0.39, 0.29) is 12.4 Å². The van der Waals surface area contributed by atoms with Crippen molar-refractivity contribution in [2.45, 2.75) is 13.0 Å². The van der Waals surface area contributed by atoms with Crippen molar-refractivity contribution in [3.63, 3.8) is 0 Å². The van der Waals surface area contributed by atoms with E-state index in [0.717, 1.165) is 5.56 Å². The Labute approximate surface area is 147 Å². The third-order valence-electron chi connectivity index (χ3n) is 3.54. The van der Waals surface area contributed by atoms with E-state index in [1.165, 1.54) is 7.11 Å². The van der Waals surface area contributed by atoms with Crippen LogP contribution in [-0.2, 0) is 16.1 Å². The largest absolute Gasteiger partial charge is 0.487 e. The van der Waals surface area contributed by atoms with Gasteiger partial charge in [-0.05, 0) is 17.7 Å². The van der Waals surface area contributed by atoms with E-state index in [1.54, 1.807) is 18.0 Å². The fourth-order valence-corrected chi connectivity index (χ4v) is 2.35. The number of hydrogen-bond donors (Lipinski definition) is 1. The number of nitrogens with two attached hydrogens (primary N) is 1. The van der Waals surface area contributed by atoms with Crippen molar-refractivity contribution < 1.29 is 14.3 Å². The molecule has 0 saturated heterocycles. The quantitative estimate of drug-likeness (QED) is 0.493. The zero-order valence-electron chi connectivity index (χ0n) is 13.7. The number of nitrogen functional groups attached to an aromatic ring is 1. The van der Waals surface area contributed by atoms with E-state index in [0.29, 0.717) is 28.7 Å². The van der Waals surface area contributed by atoms with Crippen LogP contribution in [0.4, 0.5) is 11.4 Å². The molecule has 0 atom stereocenters. The van der Waals surface area contributed by atoms with Crippen LogP contribution in [0.3, 0.4) is 0 Å². The van der Waals surface area contributed by atoms with Gasteiger partial charge in [0.1, 0.15) is 12.4 Å². The Hall–Kier alpha value is -2.60. The molecule has 0 spiro atoms. The van der Waals surface area contributed by atoms with Crippen molar-refractivity contribution in [2.75, 3.05) is 24.8 Å². The summed E-state index contributed by atoms with van der Waals surface area (Å²) in [6, 6.07) is 15.3. The van der Waals surface area contributed by atoms with Gasteiger partial charge in [0.15, 0.2) is 0 Å². The van der Waals surface area contributed by atoms with Gasteiger partial charge in [0.05, 0.1) is 29.9 Å². The van der Waals surface area contributed by atoms with Crippen molar-refractivity contribution >= 4 is 34.6 Å². The average molecular weight is 344 g/mol. The van der Waals surface area contributed by atoms with Crippen LogP contribution < -0.4 is 15.4 Å². The molecule has 0 amide bonds. The first-order valence-corrected chi connectivity index (χ1v) is 7.82. The van der Waals surface area contributed by atoms with Crippen LogP contribution in [0, 0.1) is 0 Å². The summed E-state index contributed by atoms with van der Waals surface area (Å²) in [4.78, 5) is 13.5. The maximum Gasteiger partial charge on any atom is 0.312 e. The molecule has 5 nitrogen and oxygen atoms in total. The standard InChI is InChI=1S/C18H20N2O3S/c1-20(16(24)11-17(21)22-2)14-9-6-10-15(18(14)19)23-12-13-7-4-3-5-8-13/h3-10H,11-12,19H2,1-2H3. The number of ether oxygens (including phenoxy) is 2. The summed E-state index contributed by atoms with van der Waals surface area (Å²) in [5.74, 6) is 0.186. The molecule has 24 heavy (non-hydrogen) atoms. The van der Waals surface area contributed by atoms with Gasteiger partial charge >= 0.3 is 5.97 Å². The number of benzene rings is 2. The zero-order chi connectivity index (χ0) is 17.5. The van der Waals surface area contributed by atoms with Crippen LogP contribution in [0.2, 0.25) is 0 Å². The Kier molecular flexibility index (Phi) is 6.14. The average Bonchev–Trinajstić information content (AvgIpc) is 2.61. The molecule has 0 aliphatic rings. The third kappa shape index (κ3) is 4.45. The van der Waals surface area contributed by atoms with Gasteiger partial charge in [0.25, 0.3) is 0 Å². The Balaban J connectivity index is 2.12. The van der Waals surface area contributed by atoms with Crippen molar-refractivity contribution in [3.05, 3.63) is 54.1 Å². The molecular formula is C18H20N2O3S. The summed E-state index contributed by atoms with van der Waals surface area (Å²) in [6.07, 6.45) is 0.0247. The molecule has 0 bridgehead atoms. The van der Waals surface area contributed by atoms with E-state index in [2.05, 4.69) is 4.74 Å². The van der Waals surface area contributed by atoms with Gasteiger partial charge in [0.2, 0.25) is 0 Å². The summed E-state index contributed by atoms with van der Waals surface area (Å²) in [7, 11) is 3.09. The lowest BCUT2D eigenvalue weighted by atomic mass is 10.2. The molecule has 0 unspecified atom stereocenters. The lowest BCUT2D eigenvalue weighted by Gasteiger charge is -2.22. The number of carbonyl (C=O) groups excluding carboxylic acids is 1.